The van der Waals surface area contributed by atoms with Gasteiger partial charge in [-0.3, -0.25) is 0 Å². The predicted molar refractivity (Wildman–Crippen MR) is 111 cm³/mol. The van der Waals surface area contributed by atoms with Crippen molar-refractivity contribution in [2.75, 3.05) is 42.8 Å². The summed E-state index contributed by atoms with van der Waals surface area (Å²) in [7, 11) is 3.54. The lowest BCUT2D eigenvalue weighted by Gasteiger charge is -2.28. The minimum atomic E-state index is -0.350. The Hall–Kier alpha value is -2.06. The van der Waals surface area contributed by atoms with Crippen molar-refractivity contribution in [3.63, 3.8) is 0 Å². The van der Waals surface area contributed by atoms with E-state index in [4.69, 9.17) is 26.8 Å². The normalized spacial score (nSPS) is 17.5. The second-order valence-electron chi connectivity index (χ2n) is 6.40. The second-order valence-corrected chi connectivity index (χ2v) is 6.84. The number of aromatic nitrogens is 2. The first-order chi connectivity index (χ1) is 12.9. The van der Waals surface area contributed by atoms with Gasteiger partial charge in [0.25, 0.3) is 0 Å². The Balaban J connectivity index is 2.32. The number of rotatable bonds is 9. The van der Waals surface area contributed by atoms with Crippen molar-refractivity contribution in [2.24, 2.45) is 4.99 Å². The van der Waals surface area contributed by atoms with Crippen molar-refractivity contribution in [3.8, 4) is 6.01 Å². The Bertz CT molecular complexity index is 709. The first-order valence-corrected chi connectivity index (χ1v) is 9.51. The number of nitrogens with zero attached hydrogens (tertiary/aromatic N) is 5. The predicted octanol–water partition coefficient (Wildman–Crippen LogP) is 3.38. The molecule has 2 rings (SSSR count). The first kappa shape index (κ1) is 21.2. The van der Waals surface area contributed by atoms with Gasteiger partial charge in [0.2, 0.25) is 6.35 Å². The lowest BCUT2D eigenvalue weighted by Crippen LogP contribution is -2.43. The van der Waals surface area contributed by atoms with Gasteiger partial charge in [-0.15, -0.1) is 0 Å². The highest BCUT2D eigenvalue weighted by atomic mass is 35.5. The molecule has 0 spiro atoms. The van der Waals surface area contributed by atoms with Gasteiger partial charge in [0, 0.05) is 26.9 Å². The van der Waals surface area contributed by atoms with Crippen LogP contribution in [0.1, 0.15) is 40.0 Å². The zero-order valence-corrected chi connectivity index (χ0v) is 17.5. The number of methoxy groups -OCH3 is 1. The SMILES string of the molecule is CCCCOc1nc(N)c2c(n1)N(C/C(C)=C/N=C(Cl)CC)C(OC)N2C. The highest BCUT2D eigenvalue weighted by Crippen LogP contribution is 2.42. The van der Waals surface area contributed by atoms with Crippen LogP contribution in [0.25, 0.3) is 0 Å². The van der Waals surface area contributed by atoms with Crippen LogP contribution in [0.2, 0.25) is 0 Å². The number of unbranched alkanes of at least 4 members (excludes halogenated alkanes) is 1. The third-order valence-corrected chi connectivity index (χ3v) is 4.54. The molecule has 27 heavy (non-hydrogen) atoms. The summed E-state index contributed by atoms with van der Waals surface area (Å²) in [5.41, 5.74) is 7.92. The Morgan fingerprint density at radius 3 is 2.74 bits per heavy atom. The number of anilines is 3. The fraction of sp³-hybridized carbons (Fsp3) is 0.611. The van der Waals surface area contributed by atoms with Crippen LogP contribution in [0.3, 0.4) is 0 Å². The molecule has 2 heterocycles. The largest absolute Gasteiger partial charge is 0.463 e. The van der Waals surface area contributed by atoms with Crippen LogP contribution >= 0.6 is 11.6 Å². The zero-order valence-electron chi connectivity index (χ0n) is 16.7. The van der Waals surface area contributed by atoms with Crippen molar-refractivity contribution >= 4 is 34.1 Å². The molecule has 0 saturated heterocycles. The van der Waals surface area contributed by atoms with Gasteiger partial charge < -0.3 is 25.0 Å². The minimum Gasteiger partial charge on any atom is -0.463 e. The van der Waals surface area contributed by atoms with Crippen molar-refractivity contribution in [3.05, 3.63) is 11.8 Å². The van der Waals surface area contributed by atoms with E-state index < -0.39 is 0 Å². The van der Waals surface area contributed by atoms with Crippen molar-refractivity contribution in [1.29, 1.82) is 0 Å². The summed E-state index contributed by atoms with van der Waals surface area (Å²) in [6, 6.07) is 0.281. The number of nitrogens with two attached hydrogens (primary N) is 1. The van der Waals surface area contributed by atoms with E-state index >= 15 is 0 Å². The molecule has 0 aliphatic carbocycles. The van der Waals surface area contributed by atoms with E-state index in [9.17, 15) is 0 Å². The highest BCUT2D eigenvalue weighted by molar-refractivity contribution is 6.65. The van der Waals surface area contributed by atoms with Crippen LogP contribution in [0.15, 0.2) is 16.8 Å². The molecule has 1 aliphatic rings. The van der Waals surface area contributed by atoms with E-state index in [1.807, 2.05) is 30.7 Å². The van der Waals surface area contributed by atoms with Crippen LogP contribution in [0.4, 0.5) is 17.3 Å². The summed E-state index contributed by atoms with van der Waals surface area (Å²) in [6.45, 7) is 7.15. The third kappa shape index (κ3) is 5.01. The van der Waals surface area contributed by atoms with E-state index in [1.54, 1.807) is 13.3 Å². The fourth-order valence-corrected chi connectivity index (χ4v) is 2.84. The van der Waals surface area contributed by atoms with Gasteiger partial charge in [0.05, 0.1) is 6.61 Å². The summed E-state index contributed by atoms with van der Waals surface area (Å²) in [6.07, 6.45) is 4.08. The molecule has 1 aliphatic heterocycles. The quantitative estimate of drug-likeness (QED) is 0.505. The van der Waals surface area contributed by atoms with Crippen LogP contribution < -0.4 is 20.3 Å². The van der Waals surface area contributed by atoms with Gasteiger partial charge in [-0.25, -0.2) is 4.99 Å². The molecule has 8 nitrogen and oxygen atoms in total. The van der Waals surface area contributed by atoms with E-state index in [-0.39, 0.29) is 12.4 Å². The number of hydrogen-bond donors (Lipinski definition) is 1. The van der Waals surface area contributed by atoms with E-state index in [0.29, 0.717) is 36.4 Å². The van der Waals surface area contributed by atoms with E-state index in [2.05, 4.69) is 21.9 Å². The molecular weight excluding hydrogens is 368 g/mol. The summed E-state index contributed by atoms with van der Waals surface area (Å²) in [5.74, 6) is 1.05. The molecule has 0 amide bonds. The standard InChI is InChI=1S/C18H29ClN6O2/c1-6-8-9-27-17-22-15(20)14-16(23-17)25(18(26-5)24(14)4)11-12(3)10-21-13(19)7-2/h10,18H,6-9,11H2,1-5H3,(H2,20,22,23)/b12-10+,21-13?. The Morgan fingerprint density at radius 2 is 2.11 bits per heavy atom. The molecule has 1 atom stereocenters. The van der Waals surface area contributed by atoms with Gasteiger partial charge in [-0.1, -0.05) is 31.9 Å². The van der Waals surface area contributed by atoms with E-state index in [0.717, 1.165) is 24.1 Å². The summed E-state index contributed by atoms with van der Waals surface area (Å²) >= 11 is 5.99. The second kappa shape index (κ2) is 9.75. The average Bonchev–Trinajstić information content (AvgIpc) is 2.91. The van der Waals surface area contributed by atoms with Crippen LogP contribution in [0.5, 0.6) is 6.01 Å². The molecule has 0 bridgehead atoms. The first-order valence-electron chi connectivity index (χ1n) is 9.13. The summed E-state index contributed by atoms with van der Waals surface area (Å²) < 4.78 is 11.3. The maximum Gasteiger partial charge on any atom is 0.320 e. The number of nitrogen functional groups attached to an aromatic ring is 1. The number of aliphatic imine (C=N–C) groups is 1. The Kier molecular flexibility index (Phi) is 7.67. The molecule has 1 aromatic heterocycles. The minimum absolute atomic E-state index is 0.281. The van der Waals surface area contributed by atoms with Crippen molar-refractivity contribution in [1.82, 2.24) is 9.97 Å². The topological polar surface area (TPSA) is 89.1 Å². The Labute approximate surface area is 166 Å². The molecule has 0 radical (unpaired) electrons. The molecule has 1 unspecified atom stereocenters. The molecule has 0 aromatic carbocycles. The van der Waals surface area contributed by atoms with Gasteiger partial charge >= 0.3 is 6.01 Å². The average molecular weight is 397 g/mol. The van der Waals surface area contributed by atoms with Gasteiger partial charge in [0.15, 0.2) is 11.6 Å². The molecule has 2 N–H and O–H groups in total. The molecule has 1 aromatic rings. The van der Waals surface area contributed by atoms with Crippen LogP contribution in [-0.4, -0.2) is 48.8 Å². The maximum absolute atomic E-state index is 6.18. The zero-order chi connectivity index (χ0) is 20.0. The van der Waals surface area contributed by atoms with E-state index in [1.165, 1.54) is 0 Å². The van der Waals surface area contributed by atoms with Crippen molar-refractivity contribution < 1.29 is 9.47 Å². The third-order valence-electron chi connectivity index (χ3n) is 4.17. The van der Waals surface area contributed by atoms with Gasteiger partial charge in [-0.2, -0.15) is 9.97 Å². The smallest absolute Gasteiger partial charge is 0.320 e. The van der Waals surface area contributed by atoms with Gasteiger partial charge in [-0.05, 0) is 25.3 Å². The van der Waals surface area contributed by atoms with Gasteiger partial charge in [0.1, 0.15) is 10.9 Å². The van der Waals surface area contributed by atoms with Crippen LogP contribution in [0, 0.1) is 0 Å². The molecule has 150 valence electrons. The Morgan fingerprint density at radius 1 is 1.37 bits per heavy atom. The lowest BCUT2D eigenvalue weighted by atomic mass is 10.3. The fourth-order valence-electron chi connectivity index (χ4n) is 2.79. The monoisotopic (exact) mass is 396 g/mol. The molecular formula is C18H29ClN6O2. The number of hydrogen-bond acceptors (Lipinski definition) is 8. The summed E-state index contributed by atoms with van der Waals surface area (Å²) in [4.78, 5) is 17.0. The molecule has 9 heteroatoms. The number of halogens is 1. The van der Waals surface area contributed by atoms with Crippen LogP contribution in [-0.2, 0) is 4.74 Å². The summed E-state index contributed by atoms with van der Waals surface area (Å²) in [5, 5.41) is 0.565. The molecule has 0 fully saturated rings. The van der Waals surface area contributed by atoms with Crippen molar-refractivity contribution in [2.45, 2.75) is 46.4 Å². The lowest BCUT2D eigenvalue weighted by molar-refractivity contribution is 0.107. The number of ether oxygens (including phenoxy) is 2. The maximum atomic E-state index is 6.18. The highest BCUT2D eigenvalue weighted by Gasteiger charge is 2.38. The number of fused-ring (bicyclic) bond motifs is 1. The molecule has 0 saturated carbocycles.